The molecule has 6 heteroatoms. The van der Waals surface area contributed by atoms with Crippen LogP contribution in [0.15, 0.2) is 12.4 Å². The first-order chi connectivity index (χ1) is 7.31. The lowest BCUT2D eigenvalue weighted by Crippen LogP contribution is -2.45. The number of halogens is 2. The van der Waals surface area contributed by atoms with Crippen molar-refractivity contribution in [2.24, 2.45) is 5.73 Å². The summed E-state index contributed by atoms with van der Waals surface area (Å²) in [4.78, 5) is 10.0. The zero-order chi connectivity index (χ0) is 10.7. The molecular formula is C10H16ClFN4. The molecule has 0 spiro atoms. The molecule has 4 nitrogen and oxygen atoms in total. The van der Waals surface area contributed by atoms with Gasteiger partial charge in [0, 0.05) is 19.1 Å². The highest BCUT2D eigenvalue weighted by Crippen LogP contribution is 2.20. The summed E-state index contributed by atoms with van der Waals surface area (Å²) in [5, 5.41) is 0. The fourth-order valence-electron chi connectivity index (χ4n) is 1.96. The van der Waals surface area contributed by atoms with Gasteiger partial charge in [0.1, 0.15) is 0 Å². The highest BCUT2D eigenvalue weighted by Gasteiger charge is 2.22. The molecule has 0 aliphatic carbocycles. The van der Waals surface area contributed by atoms with Crippen LogP contribution in [0.1, 0.15) is 19.3 Å². The Balaban J connectivity index is 0.00000128. The molecule has 1 atom stereocenters. The molecule has 0 radical (unpaired) electrons. The molecule has 16 heavy (non-hydrogen) atoms. The van der Waals surface area contributed by atoms with Crippen LogP contribution in [0.5, 0.6) is 0 Å². The first kappa shape index (κ1) is 13.1. The first-order valence-corrected chi connectivity index (χ1v) is 5.25. The monoisotopic (exact) mass is 246 g/mol. The van der Waals surface area contributed by atoms with Gasteiger partial charge >= 0.3 is 0 Å². The molecule has 0 amide bonds. The van der Waals surface area contributed by atoms with Crippen molar-refractivity contribution in [3.8, 4) is 0 Å². The van der Waals surface area contributed by atoms with Crippen molar-refractivity contribution >= 4 is 18.4 Å². The second-order valence-electron chi connectivity index (χ2n) is 3.78. The largest absolute Gasteiger partial charge is 0.337 e. The SMILES string of the molecule is Cl.NCC1CCCCN1c1ncc(F)cn1. The van der Waals surface area contributed by atoms with Gasteiger partial charge < -0.3 is 10.6 Å². The second kappa shape index (κ2) is 5.96. The van der Waals surface area contributed by atoms with Crippen LogP contribution in [-0.2, 0) is 0 Å². The Bertz CT molecular complexity index is 319. The quantitative estimate of drug-likeness (QED) is 0.856. The molecule has 1 unspecified atom stereocenters. The lowest BCUT2D eigenvalue weighted by atomic mass is 10.0. The van der Waals surface area contributed by atoms with Crippen molar-refractivity contribution in [1.82, 2.24) is 9.97 Å². The smallest absolute Gasteiger partial charge is 0.225 e. The van der Waals surface area contributed by atoms with Crippen LogP contribution in [-0.4, -0.2) is 29.1 Å². The number of anilines is 1. The summed E-state index contributed by atoms with van der Waals surface area (Å²) < 4.78 is 12.7. The maximum Gasteiger partial charge on any atom is 0.225 e. The van der Waals surface area contributed by atoms with E-state index in [0.717, 1.165) is 19.4 Å². The van der Waals surface area contributed by atoms with E-state index in [1.807, 2.05) is 0 Å². The number of nitrogens with zero attached hydrogens (tertiary/aromatic N) is 3. The van der Waals surface area contributed by atoms with Crippen LogP contribution in [0.3, 0.4) is 0 Å². The molecule has 2 heterocycles. The number of hydrogen-bond donors (Lipinski definition) is 1. The van der Waals surface area contributed by atoms with E-state index in [1.165, 1.54) is 18.8 Å². The van der Waals surface area contributed by atoms with Gasteiger partial charge in [-0.25, -0.2) is 14.4 Å². The summed E-state index contributed by atoms with van der Waals surface area (Å²) in [5.74, 6) is 0.187. The number of hydrogen-bond acceptors (Lipinski definition) is 4. The average Bonchev–Trinajstić information content (AvgIpc) is 2.30. The van der Waals surface area contributed by atoms with Gasteiger partial charge in [0.15, 0.2) is 5.82 Å². The summed E-state index contributed by atoms with van der Waals surface area (Å²) in [7, 11) is 0. The van der Waals surface area contributed by atoms with Crippen molar-refractivity contribution in [3.05, 3.63) is 18.2 Å². The van der Waals surface area contributed by atoms with Crippen LogP contribution < -0.4 is 10.6 Å². The lowest BCUT2D eigenvalue weighted by molar-refractivity contribution is 0.457. The third-order valence-corrected chi connectivity index (χ3v) is 2.76. The summed E-state index contributed by atoms with van der Waals surface area (Å²) in [6, 6.07) is 0.296. The normalized spacial score (nSPS) is 20.4. The molecule has 0 bridgehead atoms. The van der Waals surface area contributed by atoms with Gasteiger partial charge in [-0.3, -0.25) is 0 Å². The highest BCUT2D eigenvalue weighted by molar-refractivity contribution is 5.85. The predicted octanol–water partition coefficient (Wildman–Crippen LogP) is 1.36. The van der Waals surface area contributed by atoms with E-state index >= 15 is 0 Å². The molecule has 1 saturated heterocycles. The zero-order valence-electron chi connectivity index (χ0n) is 8.97. The minimum absolute atomic E-state index is 0. The molecule has 1 aliphatic heterocycles. The van der Waals surface area contributed by atoms with Gasteiger partial charge in [0.25, 0.3) is 0 Å². The summed E-state index contributed by atoms with van der Waals surface area (Å²) in [6.45, 7) is 1.51. The van der Waals surface area contributed by atoms with E-state index in [4.69, 9.17) is 5.73 Å². The Hall–Kier alpha value is -0.940. The Kier molecular flexibility index (Phi) is 4.89. The van der Waals surface area contributed by atoms with Crippen molar-refractivity contribution in [3.63, 3.8) is 0 Å². The molecule has 1 fully saturated rings. The van der Waals surface area contributed by atoms with Gasteiger partial charge in [-0.1, -0.05) is 0 Å². The zero-order valence-corrected chi connectivity index (χ0v) is 9.79. The number of rotatable bonds is 2. The molecule has 1 aromatic rings. The molecule has 2 rings (SSSR count). The highest BCUT2D eigenvalue weighted by atomic mass is 35.5. The van der Waals surface area contributed by atoms with Crippen LogP contribution in [0.25, 0.3) is 0 Å². The van der Waals surface area contributed by atoms with Crippen molar-refractivity contribution < 1.29 is 4.39 Å². The minimum Gasteiger partial charge on any atom is -0.337 e. The second-order valence-corrected chi connectivity index (χ2v) is 3.78. The van der Waals surface area contributed by atoms with Gasteiger partial charge in [-0.2, -0.15) is 0 Å². The standard InChI is InChI=1S/C10H15FN4.ClH/c11-8-6-13-10(14-7-8)15-4-2-1-3-9(15)5-12;/h6-7,9H,1-5,12H2;1H. The fourth-order valence-corrected chi connectivity index (χ4v) is 1.96. The topological polar surface area (TPSA) is 55.0 Å². The summed E-state index contributed by atoms with van der Waals surface area (Å²) in [5.41, 5.74) is 5.69. The molecule has 0 aromatic carbocycles. The summed E-state index contributed by atoms with van der Waals surface area (Å²) >= 11 is 0. The van der Waals surface area contributed by atoms with Crippen LogP contribution in [0.2, 0.25) is 0 Å². The minimum atomic E-state index is -0.403. The van der Waals surface area contributed by atoms with Crippen molar-refractivity contribution in [1.29, 1.82) is 0 Å². The lowest BCUT2D eigenvalue weighted by Gasteiger charge is -2.34. The van der Waals surface area contributed by atoms with E-state index in [2.05, 4.69) is 14.9 Å². The van der Waals surface area contributed by atoms with Crippen LogP contribution in [0.4, 0.5) is 10.3 Å². The van der Waals surface area contributed by atoms with Crippen LogP contribution in [0, 0.1) is 5.82 Å². The average molecular weight is 247 g/mol. The van der Waals surface area contributed by atoms with Gasteiger partial charge in [-0.05, 0) is 19.3 Å². The summed E-state index contributed by atoms with van der Waals surface area (Å²) in [6.07, 6.45) is 5.78. The van der Waals surface area contributed by atoms with E-state index in [0.29, 0.717) is 18.5 Å². The van der Waals surface area contributed by atoms with Gasteiger partial charge in [-0.15, -0.1) is 12.4 Å². The van der Waals surface area contributed by atoms with Crippen molar-refractivity contribution in [2.45, 2.75) is 25.3 Å². The van der Waals surface area contributed by atoms with Gasteiger partial charge in [0.05, 0.1) is 12.4 Å². The Morgan fingerprint density at radius 2 is 2.06 bits per heavy atom. The molecule has 1 aromatic heterocycles. The molecule has 0 saturated carbocycles. The maximum absolute atomic E-state index is 12.7. The predicted molar refractivity (Wildman–Crippen MR) is 63.3 cm³/mol. The van der Waals surface area contributed by atoms with E-state index in [1.54, 1.807) is 0 Å². The van der Waals surface area contributed by atoms with E-state index in [-0.39, 0.29) is 12.4 Å². The first-order valence-electron chi connectivity index (χ1n) is 5.25. The van der Waals surface area contributed by atoms with Gasteiger partial charge in [0.2, 0.25) is 5.95 Å². The number of aromatic nitrogens is 2. The van der Waals surface area contributed by atoms with Crippen molar-refractivity contribution in [2.75, 3.05) is 18.0 Å². The number of piperidine rings is 1. The third kappa shape index (κ3) is 2.80. The van der Waals surface area contributed by atoms with Crippen LogP contribution >= 0.6 is 12.4 Å². The maximum atomic E-state index is 12.7. The Morgan fingerprint density at radius 1 is 1.38 bits per heavy atom. The molecule has 90 valence electrons. The molecule has 1 aliphatic rings. The third-order valence-electron chi connectivity index (χ3n) is 2.76. The molecule has 2 N–H and O–H groups in total. The Labute approximate surface area is 100 Å². The number of nitrogens with two attached hydrogens (primary N) is 1. The van der Waals surface area contributed by atoms with E-state index in [9.17, 15) is 4.39 Å². The Morgan fingerprint density at radius 3 is 2.69 bits per heavy atom. The fraction of sp³-hybridized carbons (Fsp3) is 0.600. The molecular weight excluding hydrogens is 231 g/mol. The van der Waals surface area contributed by atoms with E-state index < -0.39 is 5.82 Å².